The zero-order valence-corrected chi connectivity index (χ0v) is 15.8. The molecule has 0 N–H and O–H groups in total. The molecule has 2 aromatic rings. The topological polar surface area (TPSA) is 33.2 Å². The van der Waals surface area contributed by atoms with E-state index in [1.807, 2.05) is 17.9 Å². The molecule has 26 heavy (non-hydrogen) atoms. The molecule has 138 valence electrons. The van der Waals surface area contributed by atoms with Crippen molar-refractivity contribution < 1.29 is 9.18 Å². The van der Waals surface area contributed by atoms with Gasteiger partial charge in [0.25, 0.3) is 0 Å². The molecule has 4 heteroatoms. The van der Waals surface area contributed by atoms with Gasteiger partial charge >= 0.3 is 0 Å². The van der Waals surface area contributed by atoms with Crippen molar-refractivity contribution in [1.82, 2.24) is 9.88 Å². The highest BCUT2D eigenvalue weighted by Gasteiger charge is 2.25. The van der Waals surface area contributed by atoms with Crippen LogP contribution >= 0.6 is 0 Å². The fourth-order valence-corrected chi connectivity index (χ4v) is 3.62. The lowest BCUT2D eigenvalue weighted by Crippen LogP contribution is -2.38. The zero-order valence-electron chi connectivity index (χ0n) is 15.8. The molecule has 0 atom stereocenters. The number of aryl methyl sites for hydroxylation is 1. The Morgan fingerprint density at radius 3 is 2.42 bits per heavy atom. The molecule has 0 radical (unpaired) electrons. The Morgan fingerprint density at radius 2 is 1.81 bits per heavy atom. The van der Waals surface area contributed by atoms with Crippen LogP contribution in [0.3, 0.4) is 0 Å². The molecule has 1 aromatic carbocycles. The highest BCUT2D eigenvalue weighted by molar-refractivity contribution is 5.76. The van der Waals surface area contributed by atoms with Gasteiger partial charge < -0.3 is 4.90 Å². The molecule has 3 nitrogen and oxygen atoms in total. The minimum atomic E-state index is -0.224. The third-order valence-electron chi connectivity index (χ3n) is 5.00. The predicted molar refractivity (Wildman–Crippen MR) is 102 cm³/mol. The van der Waals surface area contributed by atoms with Crippen LogP contribution in [0, 0.1) is 18.7 Å². The van der Waals surface area contributed by atoms with E-state index in [0.717, 1.165) is 48.4 Å². The average Bonchev–Trinajstić information content (AvgIpc) is 2.61. The third-order valence-corrected chi connectivity index (χ3v) is 5.00. The smallest absolute Gasteiger partial charge is 0.222 e. The highest BCUT2D eigenvalue weighted by Crippen LogP contribution is 2.30. The number of nitrogens with zero attached hydrogens (tertiary/aromatic N) is 2. The van der Waals surface area contributed by atoms with Crippen LogP contribution < -0.4 is 0 Å². The largest absolute Gasteiger partial charge is 0.343 e. The number of hydrogen-bond donors (Lipinski definition) is 0. The van der Waals surface area contributed by atoms with E-state index >= 15 is 0 Å². The van der Waals surface area contributed by atoms with E-state index in [1.165, 1.54) is 12.1 Å². The van der Waals surface area contributed by atoms with Crippen molar-refractivity contribution in [3.05, 3.63) is 53.6 Å². The van der Waals surface area contributed by atoms with Gasteiger partial charge in [0.05, 0.1) is 0 Å². The summed E-state index contributed by atoms with van der Waals surface area (Å²) < 4.78 is 13.2. The number of likely N-dealkylation sites (tertiary alicyclic amines) is 1. The summed E-state index contributed by atoms with van der Waals surface area (Å²) in [5.41, 5.74) is 4.13. The van der Waals surface area contributed by atoms with Crippen molar-refractivity contribution in [2.24, 2.45) is 5.92 Å². The molecule has 0 saturated carbocycles. The molecule has 1 aliphatic rings. The van der Waals surface area contributed by atoms with Crippen LogP contribution in [0.15, 0.2) is 36.4 Å². The predicted octanol–water partition coefficient (Wildman–Crippen LogP) is 4.95. The molecule has 1 saturated heterocycles. The number of carbonyl (C=O) groups excluding carboxylic acids is 1. The standard InChI is InChI=1S/C22H27FN2O/c1-15(2)12-22(26)25-10-8-18(9-11-25)21-14-19(13-16(3)24-21)17-4-6-20(23)7-5-17/h4-7,13-15,18H,8-12H2,1-3H3. The summed E-state index contributed by atoms with van der Waals surface area (Å²) in [5, 5.41) is 0. The van der Waals surface area contributed by atoms with E-state index in [0.29, 0.717) is 18.3 Å². The normalized spacial score (nSPS) is 15.5. The Bertz CT molecular complexity index is 762. The van der Waals surface area contributed by atoms with Crippen LogP contribution in [-0.4, -0.2) is 28.9 Å². The first-order valence-corrected chi connectivity index (χ1v) is 9.44. The van der Waals surface area contributed by atoms with Gasteiger partial charge in [-0.3, -0.25) is 9.78 Å². The number of amides is 1. The number of halogens is 1. The van der Waals surface area contributed by atoms with E-state index in [1.54, 1.807) is 12.1 Å². The molecule has 0 bridgehead atoms. The molecule has 1 amide bonds. The Hall–Kier alpha value is -2.23. The maximum atomic E-state index is 13.2. The van der Waals surface area contributed by atoms with Crippen molar-refractivity contribution >= 4 is 5.91 Å². The number of pyridine rings is 1. The van der Waals surface area contributed by atoms with Gasteiger partial charge in [-0.05, 0) is 61.1 Å². The molecular formula is C22H27FN2O. The van der Waals surface area contributed by atoms with Crippen molar-refractivity contribution in [1.29, 1.82) is 0 Å². The molecule has 2 heterocycles. The Labute approximate surface area is 155 Å². The summed E-state index contributed by atoms with van der Waals surface area (Å²) in [6.07, 6.45) is 2.52. The van der Waals surface area contributed by atoms with Crippen molar-refractivity contribution in [2.75, 3.05) is 13.1 Å². The fraction of sp³-hybridized carbons (Fsp3) is 0.455. The first kappa shape index (κ1) is 18.6. The second-order valence-electron chi connectivity index (χ2n) is 7.68. The van der Waals surface area contributed by atoms with Gasteiger partial charge in [-0.2, -0.15) is 0 Å². The molecule has 0 spiro atoms. The zero-order chi connectivity index (χ0) is 18.7. The molecule has 3 rings (SSSR count). The second-order valence-corrected chi connectivity index (χ2v) is 7.68. The molecule has 1 aliphatic heterocycles. The summed E-state index contributed by atoms with van der Waals surface area (Å²) in [5.74, 6) is 0.815. The second kappa shape index (κ2) is 7.98. The molecule has 1 fully saturated rings. The van der Waals surface area contributed by atoms with E-state index in [9.17, 15) is 9.18 Å². The summed E-state index contributed by atoms with van der Waals surface area (Å²) >= 11 is 0. The van der Waals surface area contributed by atoms with Crippen molar-refractivity contribution in [3.8, 4) is 11.1 Å². The first-order chi connectivity index (χ1) is 12.4. The monoisotopic (exact) mass is 354 g/mol. The lowest BCUT2D eigenvalue weighted by molar-refractivity contribution is -0.133. The number of hydrogen-bond acceptors (Lipinski definition) is 2. The minimum absolute atomic E-state index is 0.224. The van der Waals surface area contributed by atoms with E-state index in [2.05, 4.69) is 19.9 Å². The first-order valence-electron chi connectivity index (χ1n) is 9.44. The Balaban J connectivity index is 1.72. The Kier molecular flexibility index (Phi) is 5.70. The fourth-order valence-electron chi connectivity index (χ4n) is 3.62. The average molecular weight is 354 g/mol. The van der Waals surface area contributed by atoms with Gasteiger partial charge in [-0.1, -0.05) is 26.0 Å². The van der Waals surface area contributed by atoms with Gasteiger partial charge in [-0.15, -0.1) is 0 Å². The summed E-state index contributed by atoms with van der Waals surface area (Å²) in [6, 6.07) is 10.8. The van der Waals surface area contributed by atoms with Crippen LogP contribution in [0.2, 0.25) is 0 Å². The molecule has 1 aromatic heterocycles. The lowest BCUT2D eigenvalue weighted by atomic mass is 9.91. The van der Waals surface area contributed by atoms with Crippen molar-refractivity contribution in [2.45, 2.75) is 46.0 Å². The number of carbonyl (C=O) groups is 1. The quantitative estimate of drug-likeness (QED) is 0.778. The summed E-state index contributed by atoms with van der Waals surface area (Å²) in [6.45, 7) is 7.77. The molecule has 0 unspecified atom stereocenters. The number of aromatic nitrogens is 1. The van der Waals surface area contributed by atoms with E-state index < -0.39 is 0 Å². The van der Waals surface area contributed by atoms with Crippen LogP contribution in [-0.2, 0) is 4.79 Å². The van der Waals surface area contributed by atoms with Gasteiger partial charge in [0.1, 0.15) is 5.82 Å². The number of benzene rings is 1. The van der Waals surface area contributed by atoms with Gasteiger partial charge in [-0.25, -0.2) is 4.39 Å². The summed E-state index contributed by atoms with van der Waals surface area (Å²) in [4.78, 5) is 19.0. The SMILES string of the molecule is Cc1cc(-c2ccc(F)cc2)cc(C2CCN(C(=O)CC(C)C)CC2)n1. The minimum Gasteiger partial charge on any atom is -0.343 e. The van der Waals surface area contributed by atoms with Crippen molar-refractivity contribution in [3.63, 3.8) is 0 Å². The molecule has 0 aliphatic carbocycles. The van der Waals surface area contributed by atoms with Crippen LogP contribution in [0.25, 0.3) is 11.1 Å². The van der Waals surface area contributed by atoms with E-state index in [4.69, 9.17) is 4.98 Å². The Morgan fingerprint density at radius 1 is 1.15 bits per heavy atom. The maximum Gasteiger partial charge on any atom is 0.222 e. The van der Waals surface area contributed by atoms with E-state index in [-0.39, 0.29) is 11.7 Å². The van der Waals surface area contributed by atoms with Crippen LogP contribution in [0.5, 0.6) is 0 Å². The lowest BCUT2D eigenvalue weighted by Gasteiger charge is -2.32. The third kappa shape index (κ3) is 4.48. The van der Waals surface area contributed by atoms with Crippen LogP contribution in [0.1, 0.15) is 50.4 Å². The highest BCUT2D eigenvalue weighted by atomic mass is 19.1. The molecular weight excluding hydrogens is 327 g/mol. The number of rotatable bonds is 4. The number of piperidine rings is 1. The van der Waals surface area contributed by atoms with Gasteiger partial charge in [0, 0.05) is 36.8 Å². The van der Waals surface area contributed by atoms with Gasteiger partial charge in [0.15, 0.2) is 0 Å². The summed E-state index contributed by atoms with van der Waals surface area (Å²) in [7, 11) is 0. The van der Waals surface area contributed by atoms with Gasteiger partial charge in [0.2, 0.25) is 5.91 Å². The maximum absolute atomic E-state index is 13.2. The van der Waals surface area contributed by atoms with Crippen LogP contribution in [0.4, 0.5) is 4.39 Å².